The summed E-state index contributed by atoms with van der Waals surface area (Å²) in [5.74, 6) is -1.16. The zero-order chi connectivity index (χ0) is 25.8. The second-order valence-corrected chi connectivity index (χ2v) is 8.09. The number of carbonyl (C=O) groups is 3. The van der Waals surface area contributed by atoms with E-state index in [0.717, 1.165) is 0 Å². The van der Waals surface area contributed by atoms with Crippen LogP contribution in [0.25, 0.3) is 0 Å². The topological polar surface area (TPSA) is 91.4 Å². The lowest BCUT2D eigenvalue weighted by atomic mass is 9.85. The number of methoxy groups -OCH3 is 3. The summed E-state index contributed by atoms with van der Waals surface area (Å²) in [6.45, 7) is 2.35. The van der Waals surface area contributed by atoms with Crippen LogP contribution >= 0.6 is 0 Å². The van der Waals surface area contributed by atoms with Gasteiger partial charge >= 0.3 is 0 Å². The molecule has 36 heavy (non-hydrogen) atoms. The number of ketones is 2. The van der Waals surface area contributed by atoms with Gasteiger partial charge in [-0.05, 0) is 67.6 Å². The number of ether oxygens (including phenoxy) is 4. The van der Waals surface area contributed by atoms with Gasteiger partial charge in [-0.3, -0.25) is 19.3 Å². The molecule has 2 unspecified atom stereocenters. The van der Waals surface area contributed by atoms with Crippen LogP contribution in [0.15, 0.2) is 66.7 Å². The fraction of sp³-hybridized carbons (Fsp3) is 0.250. The lowest BCUT2D eigenvalue weighted by Crippen LogP contribution is -2.31. The molecule has 0 saturated carbocycles. The SMILES string of the molecule is CCOc1ccc(C(=O)C2C(=O)C(=O)N(c3ccc(OC)cc3)C2c2ccc(OC)cc2OC)cc1. The van der Waals surface area contributed by atoms with Crippen LogP contribution in [-0.2, 0) is 9.59 Å². The Kier molecular flexibility index (Phi) is 7.24. The Morgan fingerprint density at radius 3 is 2.00 bits per heavy atom. The number of benzene rings is 3. The Hall–Kier alpha value is -4.33. The number of rotatable bonds is 9. The summed E-state index contributed by atoms with van der Waals surface area (Å²) in [6, 6.07) is 17.4. The van der Waals surface area contributed by atoms with Gasteiger partial charge in [-0.2, -0.15) is 0 Å². The smallest absolute Gasteiger partial charge is 0.295 e. The summed E-state index contributed by atoms with van der Waals surface area (Å²) in [7, 11) is 4.55. The Morgan fingerprint density at radius 1 is 0.806 bits per heavy atom. The molecule has 1 heterocycles. The molecule has 0 aliphatic carbocycles. The van der Waals surface area contributed by atoms with Crippen LogP contribution in [0.4, 0.5) is 5.69 Å². The third-order valence-corrected chi connectivity index (χ3v) is 6.15. The first-order valence-corrected chi connectivity index (χ1v) is 11.4. The average molecular weight is 490 g/mol. The molecule has 2 atom stereocenters. The monoisotopic (exact) mass is 489 g/mol. The average Bonchev–Trinajstić information content (AvgIpc) is 3.18. The molecule has 8 heteroatoms. The first-order valence-electron chi connectivity index (χ1n) is 11.4. The van der Waals surface area contributed by atoms with Crippen LogP contribution in [0.3, 0.4) is 0 Å². The van der Waals surface area contributed by atoms with Gasteiger partial charge in [0.25, 0.3) is 5.91 Å². The van der Waals surface area contributed by atoms with Crippen molar-refractivity contribution < 1.29 is 33.3 Å². The van der Waals surface area contributed by atoms with Gasteiger partial charge < -0.3 is 18.9 Å². The van der Waals surface area contributed by atoms with Gasteiger partial charge in [0, 0.05) is 22.9 Å². The number of anilines is 1. The molecule has 3 aromatic rings. The van der Waals surface area contributed by atoms with E-state index in [4.69, 9.17) is 18.9 Å². The Balaban J connectivity index is 1.85. The van der Waals surface area contributed by atoms with E-state index in [1.165, 1.54) is 26.2 Å². The highest BCUT2D eigenvalue weighted by Gasteiger charge is 2.53. The van der Waals surface area contributed by atoms with E-state index in [-0.39, 0.29) is 0 Å². The third-order valence-electron chi connectivity index (χ3n) is 6.15. The van der Waals surface area contributed by atoms with E-state index in [9.17, 15) is 14.4 Å². The Labute approximate surface area is 209 Å². The molecule has 3 aromatic carbocycles. The minimum absolute atomic E-state index is 0.304. The molecule has 1 saturated heterocycles. The molecule has 1 aliphatic rings. The first kappa shape index (κ1) is 24.8. The van der Waals surface area contributed by atoms with Crippen molar-refractivity contribution in [1.29, 1.82) is 0 Å². The normalized spacial score (nSPS) is 17.2. The van der Waals surface area contributed by atoms with E-state index in [2.05, 4.69) is 0 Å². The molecule has 186 valence electrons. The molecule has 1 aliphatic heterocycles. The molecule has 8 nitrogen and oxygen atoms in total. The molecule has 1 amide bonds. The molecule has 4 rings (SSSR count). The highest BCUT2D eigenvalue weighted by Crippen LogP contribution is 2.45. The van der Waals surface area contributed by atoms with E-state index in [0.29, 0.717) is 46.4 Å². The van der Waals surface area contributed by atoms with Gasteiger partial charge in [0.05, 0.1) is 34.0 Å². The van der Waals surface area contributed by atoms with E-state index < -0.39 is 29.4 Å². The summed E-state index contributed by atoms with van der Waals surface area (Å²) < 4.78 is 21.6. The van der Waals surface area contributed by atoms with Crippen LogP contribution < -0.4 is 23.8 Å². The maximum atomic E-state index is 13.7. The van der Waals surface area contributed by atoms with Crippen LogP contribution in [0, 0.1) is 5.92 Å². The molecule has 0 N–H and O–H groups in total. The van der Waals surface area contributed by atoms with Gasteiger partial charge in [-0.15, -0.1) is 0 Å². The minimum atomic E-state index is -1.28. The van der Waals surface area contributed by atoms with Crippen molar-refractivity contribution in [2.45, 2.75) is 13.0 Å². The number of amides is 1. The molecule has 0 bridgehead atoms. The lowest BCUT2D eigenvalue weighted by molar-refractivity contribution is -0.135. The van der Waals surface area contributed by atoms with E-state index in [1.54, 1.807) is 66.7 Å². The number of nitrogens with zero attached hydrogens (tertiary/aromatic N) is 1. The van der Waals surface area contributed by atoms with Crippen molar-refractivity contribution in [3.8, 4) is 23.0 Å². The Bertz CT molecular complexity index is 1270. The van der Waals surface area contributed by atoms with Crippen molar-refractivity contribution >= 4 is 23.2 Å². The van der Waals surface area contributed by atoms with Crippen molar-refractivity contribution in [2.75, 3.05) is 32.8 Å². The largest absolute Gasteiger partial charge is 0.497 e. The highest BCUT2D eigenvalue weighted by molar-refractivity contribution is 6.49. The number of Topliss-reactive ketones (excluding diaryl/α,β-unsaturated/α-hetero) is 2. The fourth-order valence-corrected chi connectivity index (χ4v) is 4.40. The van der Waals surface area contributed by atoms with Gasteiger partial charge in [0.15, 0.2) is 5.78 Å². The first-order chi connectivity index (χ1) is 17.4. The van der Waals surface area contributed by atoms with Crippen molar-refractivity contribution in [3.05, 3.63) is 77.9 Å². The molecule has 1 fully saturated rings. The van der Waals surface area contributed by atoms with E-state index >= 15 is 0 Å². The zero-order valence-corrected chi connectivity index (χ0v) is 20.5. The second kappa shape index (κ2) is 10.5. The predicted octanol–water partition coefficient (Wildman–Crippen LogP) is 4.27. The molecular formula is C28H27NO7. The summed E-state index contributed by atoms with van der Waals surface area (Å²) in [4.78, 5) is 41.8. The van der Waals surface area contributed by atoms with E-state index in [1.807, 2.05) is 6.92 Å². The third kappa shape index (κ3) is 4.49. The van der Waals surface area contributed by atoms with Gasteiger partial charge in [0.2, 0.25) is 5.78 Å². The van der Waals surface area contributed by atoms with Crippen LogP contribution in [-0.4, -0.2) is 45.4 Å². The number of hydrogen-bond donors (Lipinski definition) is 0. The quantitative estimate of drug-likeness (QED) is 0.252. The highest BCUT2D eigenvalue weighted by atomic mass is 16.5. The van der Waals surface area contributed by atoms with Crippen LogP contribution in [0.1, 0.15) is 28.9 Å². The second-order valence-electron chi connectivity index (χ2n) is 8.09. The number of carbonyl (C=O) groups excluding carboxylic acids is 3. The standard InChI is InChI=1S/C28H27NO7/c1-5-36-20-10-6-17(7-11-20)26(30)24-25(22-15-14-21(34-3)16-23(22)35-4)29(28(32)27(24)31)18-8-12-19(33-2)13-9-18/h6-16,24-25H,5H2,1-4H3. The van der Waals surface area contributed by atoms with Gasteiger partial charge in [0.1, 0.15) is 28.9 Å². The maximum Gasteiger partial charge on any atom is 0.295 e. The molecular weight excluding hydrogens is 462 g/mol. The summed E-state index contributed by atoms with van der Waals surface area (Å²) in [6.07, 6.45) is 0. The predicted molar refractivity (Wildman–Crippen MR) is 133 cm³/mol. The molecule has 0 radical (unpaired) electrons. The van der Waals surface area contributed by atoms with Crippen molar-refractivity contribution in [1.82, 2.24) is 0 Å². The summed E-state index contributed by atoms with van der Waals surface area (Å²) >= 11 is 0. The molecule has 0 aromatic heterocycles. The Morgan fingerprint density at radius 2 is 1.42 bits per heavy atom. The summed E-state index contributed by atoms with van der Waals surface area (Å²) in [5, 5.41) is 0. The number of hydrogen-bond acceptors (Lipinski definition) is 7. The van der Waals surface area contributed by atoms with Gasteiger partial charge in [-0.1, -0.05) is 0 Å². The van der Waals surface area contributed by atoms with Crippen LogP contribution in [0.5, 0.6) is 23.0 Å². The van der Waals surface area contributed by atoms with Gasteiger partial charge in [-0.25, -0.2) is 0 Å². The van der Waals surface area contributed by atoms with Crippen molar-refractivity contribution in [3.63, 3.8) is 0 Å². The lowest BCUT2D eigenvalue weighted by Gasteiger charge is -2.28. The van der Waals surface area contributed by atoms with Crippen molar-refractivity contribution in [2.24, 2.45) is 5.92 Å². The minimum Gasteiger partial charge on any atom is -0.497 e. The maximum absolute atomic E-state index is 13.7. The zero-order valence-electron chi connectivity index (χ0n) is 20.5. The molecule has 0 spiro atoms. The fourth-order valence-electron chi connectivity index (χ4n) is 4.40. The summed E-state index contributed by atoms with van der Waals surface area (Å²) in [5.41, 5.74) is 1.27. The van der Waals surface area contributed by atoms with Crippen LogP contribution in [0.2, 0.25) is 0 Å².